The average Bonchev–Trinajstić information content (AvgIpc) is 3.32. The van der Waals surface area contributed by atoms with Crippen molar-refractivity contribution in [1.82, 2.24) is 19.7 Å². The van der Waals surface area contributed by atoms with Gasteiger partial charge >= 0.3 is 0 Å². The summed E-state index contributed by atoms with van der Waals surface area (Å²) in [5.74, 6) is -1.45. The van der Waals surface area contributed by atoms with Crippen LogP contribution in [0.1, 0.15) is 36.2 Å². The Morgan fingerprint density at radius 2 is 2.07 bits per heavy atom. The van der Waals surface area contributed by atoms with E-state index in [1.807, 2.05) is 12.3 Å². The molecule has 0 saturated heterocycles. The van der Waals surface area contributed by atoms with Crippen LogP contribution >= 0.6 is 0 Å². The van der Waals surface area contributed by atoms with Crippen LogP contribution in [0.4, 0.5) is 4.39 Å². The van der Waals surface area contributed by atoms with Crippen LogP contribution < -0.4 is 10.7 Å². The van der Waals surface area contributed by atoms with Gasteiger partial charge in [-0.3, -0.25) is 14.3 Å². The summed E-state index contributed by atoms with van der Waals surface area (Å²) in [6.07, 6.45) is 6.82. The van der Waals surface area contributed by atoms with Gasteiger partial charge in [-0.25, -0.2) is 4.39 Å². The number of halogens is 1. The Balaban J connectivity index is 1.82. The Morgan fingerprint density at radius 3 is 2.79 bits per heavy atom. The molecule has 0 radical (unpaired) electrons. The van der Waals surface area contributed by atoms with Gasteiger partial charge in [0.25, 0.3) is 11.3 Å². The van der Waals surface area contributed by atoms with E-state index in [1.54, 1.807) is 12.1 Å². The molecule has 8 heteroatoms. The van der Waals surface area contributed by atoms with E-state index in [2.05, 4.69) is 15.0 Å². The van der Waals surface area contributed by atoms with Gasteiger partial charge in [-0.05, 0) is 31.0 Å². The van der Waals surface area contributed by atoms with Crippen molar-refractivity contribution in [3.63, 3.8) is 0 Å². The average molecular weight is 384 g/mol. The summed E-state index contributed by atoms with van der Waals surface area (Å²) in [5, 5.41) is 17.1. The van der Waals surface area contributed by atoms with Crippen LogP contribution in [-0.2, 0) is 12.1 Å². The van der Waals surface area contributed by atoms with Gasteiger partial charge in [-0.15, -0.1) is 0 Å². The summed E-state index contributed by atoms with van der Waals surface area (Å²) < 4.78 is 17.7. The number of fused-ring (bicyclic) bond motifs is 1. The lowest BCUT2D eigenvalue weighted by molar-refractivity contribution is 0.0952. The summed E-state index contributed by atoms with van der Waals surface area (Å²) in [4.78, 5) is 24.0. The third kappa shape index (κ3) is 2.85. The van der Waals surface area contributed by atoms with Crippen molar-refractivity contribution in [1.29, 1.82) is 0 Å². The van der Waals surface area contributed by atoms with Crippen molar-refractivity contribution < 1.29 is 14.3 Å². The first-order valence-corrected chi connectivity index (χ1v) is 9.24. The summed E-state index contributed by atoms with van der Waals surface area (Å²) in [6, 6.07) is 6.76. The fourth-order valence-electron chi connectivity index (χ4n) is 4.23. The number of carbonyl (C=O) groups excluding carboxylic acids is 1. The van der Waals surface area contributed by atoms with Crippen LogP contribution in [0.15, 0.2) is 41.5 Å². The number of aromatic hydroxyl groups is 1. The number of hydrogen-bond donors (Lipinski definition) is 2. The number of amides is 1. The predicted octanol–water partition coefficient (Wildman–Crippen LogP) is 2.37. The van der Waals surface area contributed by atoms with Gasteiger partial charge < -0.3 is 15.0 Å². The zero-order valence-corrected chi connectivity index (χ0v) is 15.5. The van der Waals surface area contributed by atoms with E-state index in [4.69, 9.17) is 0 Å². The second kappa shape index (κ2) is 6.78. The van der Waals surface area contributed by atoms with E-state index in [0.717, 1.165) is 31.2 Å². The van der Waals surface area contributed by atoms with Crippen molar-refractivity contribution in [2.75, 3.05) is 7.05 Å². The first-order valence-electron chi connectivity index (χ1n) is 9.24. The lowest BCUT2D eigenvalue weighted by Crippen LogP contribution is -2.37. The Labute approximate surface area is 160 Å². The Kier molecular flexibility index (Phi) is 4.41. The summed E-state index contributed by atoms with van der Waals surface area (Å²) >= 11 is 0. The molecule has 0 bridgehead atoms. The highest BCUT2D eigenvalue weighted by atomic mass is 19.1. The fraction of sp³-hybridized carbons (Fsp3) is 0.350. The molecule has 1 aliphatic carbocycles. The molecule has 0 unspecified atom stereocenters. The van der Waals surface area contributed by atoms with E-state index >= 15 is 0 Å². The third-order valence-electron chi connectivity index (χ3n) is 5.57. The van der Waals surface area contributed by atoms with Crippen LogP contribution in [0.3, 0.4) is 0 Å². The van der Waals surface area contributed by atoms with Crippen molar-refractivity contribution in [2.45, 2.75) is 37.8 Å². The van der Waals surface area contributed by atoms with E-state index in [9.17, 15) is 19.1 Å². The number of rotatable bonds is 4. The Bertz CT molecular complexity index is 1110. The van der Waals surface area contributed by atoms with Gasteiger partial charge in [0.1, 0.15) is 5.82 Å². The Hall–Kier alpha value is -3.16. The summed E-state index contributed by atoms with van der Waals surface area (Å²) in [6.45, 7) is 0.352. The molecule has 7 nitrogen and oxygen atoms in total. The number of nitrogens with zero attached hydrogens (tertiary/aromatic N) is 3. The highest BCUT2D eigenvalue weighted by molar-refractivity contribution is 5.92. The van der Waals surface area contributed by atoms with Gasteiger partial charge in [0, 0.05) is 18.6 Å². The first kappa shape index (κ1) is 18.2. The molecule has 0 aliphatic heterocycles. The van der Waals surface area contributed by atoms with Gasteiger partial charge in [-0.2, -0.15) is 5.10 Å². The van der Waals surface area contributed by atoms with Crippen molar-refractivity contribution in [3.8, 4) is 5.75 Å². The predicted molar refractivity (Wildman–Crippen MR) is 102 cm³/mol. The molecule has 1 saturated carbocycles. The minimum Gasteiger partial charge on any atom is -0.503 e. The molecule has 3 aromatic rings. The van der Waals surface area contributed by atoms with Gasteiger partial charge in [0.2, 0.25) is 0 Å². The Morgan fingerprint density at radius 1 is 1.32 bits per heavy atom. The highest BCUT2D eigenvalue weighted by Gasteiger charge is 2.37. The molecule has 0 atom stereocenters. The minimum atomic E-state index is -0.801. The molecule has 1 amide bonds. The fourth-order valence-corrected chi connectivity index (χ4v) is 4.23. The molecule has 1 fully saturated rings. The van der Waals surface area contributed by atoms with E-state index in [0.29, 0.717) is 11.9 Å². The monoisotopic (exact) mass is 384 g/mol. The van der Waals surface area contributed by atoms with Crippen LogP contribution in [0.25, 0.3) is 10.9 Å². The van der Waals surface area contributed by atoms with Crippen molar-refractivity contribution in [2.24, 2.45) is 0 Å². The lowest BCUT2D eigenvalue weighted by atomic mass is 9.96. The molecule has 28 heavy (non-hydrogen) atoms. The SMILES string of the molecule is CNC(=O)c1nn(CC2(n3ccc4c(F)cccc43)CCCC2)cc(O)c1=O. The molecule has 2 heterocycles. The highest BCUT2D eigenvalue weighted by Crippen LogP contribution is 2.40. The maximum absolute atomic E-state index is 14.2. The smallest absolute Gasteiger partial charge is 0.275 e. The lowest BCUT2D eigenvalue weighted by Gasteiger charge is -2.32. The minimum absolute atomic E-state index is 0.273. The molecule has 2 N–H and O–H groups in total. The standard InChI is InChI=1S/C20H21FN4O3/c1-22-19(28)17-18(27)16(26)11-24(23-17)12-20(8-2-3-9-20)25-10-7-13-14(21)5-4-6-15(13)25/h4-7,10-11,26H,2-3,8-9,12H2,1H3,(H,22,28). The molecule has 4 rings (SSSR count). The zero-order chi connectivity index (χ0) is 19.9. The van der Waals surface area contributed by atoms with Gasteiger partial charge in [0.05, 0.1) is 23.8 Å². The number of nitrogens with one attached hydrogen (secondary N) is 1. The topological polar surface area (TPSA) is 89.2 Å². The third-order valence-corrected chi connectivity index (χ3v) is 5.57. The first-order chi connectivity index (χ1) is 13.4. The zero-order valence-electron chi connectivity index (χ0n) is 15.5. The van der Waals surface area contributed by atoms with Crippen LogP contribution in [0.5, 0.6) is 5.75 Å². The van der Waals surface area contributed by atoms with Crippen LogP contribution in [0.2, 0.25) is 0 Å². The molecular weight excluding hydrogens is 363 g/mol. The van der Waals surface area contributed by atoms with Gasteiger partial charge in [-0.1, -0.05) is 18.9 Å². The molecule has 0 spiro atoms. The summed E-state index contributed by atoms with van der Waals surface area (Å²) in [5.41, 5.74) is -0.744. The summed E-state index contributed by atoms with van der Waals surface area (Å²) in [7, 11) is 1.40. The van der Waals surface area contributed by atoms with E-state index in [1.165, 1.54) is 24.0 Å². The number of carbonyl (C=O) groups is 1. The molecule has 2 aromatic heterocycles. The largest absolute Gasteiger partial charge is 0.503 e. The normalized spacial score (nSPS) is 15.8. The van der Waals surface area contributed by atoms with Crippen LogP contribution in [-0.4, -0.2) is 32.4 Å². The van der Waals surface area contributed by atoms with Crippen LogP contribution in [0, 0.1) is 5.82 Å². The number of hydrogen-bond acceptors (Lipinski definition) is 4. The molecule has 146 valence electrons. The number of benzene rings is 1. The van der Waals surface area contributed by atoms with Crippen molar-refractivity contribution in [3.05, 3.63) is 58.4 Å². The molecule has 1 aromatic carbocycles. The molecule has 1 aliphatic rings. The molecular formula is C20H21FN4O3. The maximum Gasteiger partial charge on any atom is 0.275 e. The quantitative estimate of drug-likeness (QED) is 0.723. The van der Waals surface area contributed by atoms with E-state index in [-0.39, 0.29) is 17.1 Å². The van der Waals surface area contributed by atoms with Crippen molar-refractivity contribution >= 4 is 16.8 Å². The second-order valence-electron chi connectivity index (χ2n) is 7.26. The van der Waals surface area contributed by atoms with E-state index < -0.39 is 17.1 Å². The van der Waals surface area contributed by atoms with Gasteiger partial charge in [0.15, 0.2) is 11.4 Å². The second-order valence-corrected chi connectivity index (χ2v) is 7.26. The maximum atomic E-state index is 14.2. The number of aromatic nitrogens is 3.